The number of rotatable bonds is 9. The second kappa shape index (κ2) is 8.66. The number of carboxylic acid groups (broad SMARTS) is 1. The molecule has 1 aliphatic rings. The first-order valence-electron chi connectivity index (χ1n) is 8.31. The molecule has 0 aromatic heterocycles. The molecule has 1 fully saturated rings. The van der Waals surface area contributed by atoms with Crippen LogP contribution in [0.5, 0.6) is 0 Å². The van der Waals surface area contributed by atoms with E-state index in [1.807, 2.05) is 0 Å². The van der Waals surface area contributed by atoms with Crippen molar-refractivity contribution in [1.29, 1.82) is 0 Å². The van der Waals surface area contributed by atoms with Crippen LogP contribution in [0.2, 0.25) is 0 Å². The largest absolute Gasteiger partial charge is 0.481 e. The first-order valence-corrected chi connectivity index (χ1v) is 8.31. The number of hydrogen-bond acceptors (Lipinski definition) is 2. The number of carbonyl (C=O) groups is 1. The van der Waals surface area contributed by atoms with E-state index in [0.29, 0.717) is 18.9 Å². The molecule has 0 amide bonds. The molecule has 1 N–H and O–H groups in total. The Morgan fingerprint density at radius 1 is 1.30 bits per heavy atom. The maximum Gasteiger partial charge on any atom is 0.309 e. The molecule has 0 aromatic rings. The van der Waals surface area contributed by atoms with E-state index in [1.165, 1.54) is 12.8 Å². The predicted molar refractivity (Wildman–Crippen MR) is 81.8 cm³/mol. The van der Waals surface area contributed by atoms with Crippen molar-refractivity contribution in [2.45, 2.75) is 72.1 Å². The molecule has 1 aliphatic carbocycles. The molecule has 0 atom stereocenters. The number of carboxylic acids is 1. The first kappa shape index (κ1) is 17.5. The fourth-order valence-corrected chi connectivity index (χ4v) is 3.19. The van der Waals surface area contributed by atoms with Gasteiger partial charge in [0.15, 0.2) is 0 Å². The van der Waals surface area contributed by atoms with Crippen molar-refractivity contribution >= 4 is 5.97 Å². The number of ether oxygens (including phenoxy) is 1. The quantitative estimate of drug-likeness (QED) is 0.634. The fraction of sp³-hybridized carbons (Fsp3) is 0.941. The molecular weight excluding hydrogens is 252 g/mol. The number of hydrogen-bond donors (Lipinski definition) is 1. The molecular formula is C17H32O3. The lowest BCUT2D eigenvalue weighted by molar-refractivity contribution is -0.153. The van der Waals surface area contributed by atoms with Gasteiger partial charge in [0, 0.05) is 13.2 Å². The minimum atomic E-state index is -0.611. The van der Waals surface area contributed by atoms with Crippen molar-refractivity contribution in [3.8, 4) is 0 Å². The Morgan fingerprint density at radius 3 is 2.45 bits per heavy atom. The summed E-state index contributed by atoms with van der Waals surface area (Å²) in [7, 11) is 0. The summed E-state index contributed by atoms with van der Waals surface area (Å²) in [4.78, 5) is 11.7. The van der Waals surface area contributed by atoms with Crippen molar-refractivity contribution < 1.29 is 14.6 Å². The summed E-state index contributed by atoms with van der Waals surface area (Å²) in [5, 5.41) is 9.59. The average molecular weight is 284 g/mol. The van der Waals surface area contributed by atoms with E-state index in [-0.39, 0.29) is 0 Å². The highest BCUT2D eigenvalue weighted by atomic mass is 16.5. The van der Waals surface area contributed by atoms with Crippen molar-refractivity contribution in [2.24, 2.45) is 17.3 Å². The highest BCUT2D eigenvalue weighted by Gasteiger charge is 2.41. The van der Waals surface area contributed by atoms with E-state index in [9.17, 15) is 9.90 Å². The third-order valence-corrected chi connectivity index (χ3v) is 4.78. The SMILES string of the molecule is CCCC1CCC(CCOCCC(C)C)(C(=O)O)CC1. The van der Waals surface area contributed by atoms with E-state index in [0.717, 1.165) is 44.6 Å². The average Bonchev–Trinajstić information content (AvgIpc) is 2.40. The lowest BCUT2D eigenvalue weighted by Gasteiger charge is -2.36. The standard InChI is InChI=1S/C17H32O3/c1-4-5-15-6-9-17(10-7-15,16(18)19)11-13-20-12-8-14(2)3/h14-15H,4-13H2,1-3H3,(H,18,19). The second-order valence-electron chi connectivity index (χ2n) is 6.86. The molecule has 0 unspecified atom stereocenters. The van der Waals surface area contributed by atoms with Gasteiger partial charge < -0.3 is 9.84 Å². The minimum Gasteiger partial charge on any atom is -0.481 e. The maximum absolute atomic E-state index is 11.7. The Hall–Kier alpha value is -0.570. The predicted octanol–water partition coefficient (Wildman–Crippen LogP) is 4.50. The Balaban J connectivity index is 2.35. The molecule has 0 heterocycles. The Bertz CT molecular complexity index is 278. The molecule has 0 radical (unpaired) electrons. The Morgan fingerprint density at radius 2 is 1.95 bits per heavy atom. The molecule has 0 saturated heterocycles. The summed E-state index contributed by atoms with van der Waals surface area (Å²) in [6.45, 7) is 7.92. The molecule has 118 valence electrons. The molecule has 0 aromatic carbocycles. The molecule has 3 heteroatoms. The second-order valence-corrected chi connectivity index (χ2v) is 6.86. The van der Waals surface area contributed by atoms with Crippen LogP contribution in [0, 0.1) is 17.3 Å². The Labute approximate surface area is 124 Å². The van der Waals surface area contributed by atoms with E-state index in [4.69, 9.17) is 4.74 Å². The van der Waals surface area contributed by atoms with Gasteiger partial charge in [0.1, 0.15) is 0 Å². The van der Waals surface area contributed by atoms with E-state index < -0.39 is 11.4 Å². The lowest BCUT2D eigenvalue weighted by atomic mass is 9.68. The van der Waals surface area contributed by atoms with Crippen LogP contribution in [0.1, 0.15) is 72.1 Å². The van der Waals surface area contributed by atoms with E-state index >= 15 is 0 Å². The van der Waals surface area contributed by atoms with Gasteiger partial charge in [0.2, 0.25) is 0 Å². The summed E-state index contributed by atoms with van der Waals surface area (Å²) in [6, 6.07) is 0. The van der Waals surface area contributed by atoms with Crippen LogP contribution in [-0.4, -0.2) is 24.3 Å². The van der Waals surface area contributed by atoms with Crippen LogP contribution in [0.25, 0.3) is 0 Å². The van der Waals surface area contributed by atoms with Crippen LogP contribution in [0.15, 0.2) is 0 Å². The smallest absolute Gasteiger partial charge is 0.309 e. The van der Waals surface area contributed by atoms with Gasteiger partial charge in [-0.2, -0.15) is 0 Å². The summed E-state index contributed by atoms with van der Waals surface area (Å²) in [5.74, 6) is 0.780. The van der Waals surface area contributed by atoms with Gasteiger partial charge >= 0.3 is 5.97 Å². The summed E-state index contributed by atoms with van der Waals surface area (Å²) < 4.78 is 5.63. The molecule has 0 spiro atoms. The molecule has 0 bridgehead atoms. The van der Waals surface area contributed by atoms with Crippen LogP contribution < -0.4 is 0 Å². The first-order chi connectivity index (χ1) is 9.50. The van der Waals surface area contributed by atoms with Crippen molar-refractivity contribution in [2.75, 3.05) is 13.2 Å². The number of aliphatic carboxylic acids is 1. The van der Waals surface area contributed by atoms with Crippen molar-refractivity contribution in [3.63, 3.8) is 0 Å². The lowest BCUT2D eigenvalue weighted by Crippen LogP contribution is -2.36. The summed E-state index contributed by atoms with van der Waals surface area (Å²) in [6.07, 6.45) is 8.01. The molecule has 3 nitrogen and oxygen atoms in total. The minimum absolute atomic E-state index is 0.512. The fourth-order valence-electron chi connectivity index (χ4n) is 3.19. The molecule has 1 rings (SSSR count). The zero-order chi connectivity index (χ0) is 15.0. The summed E-state index contributed by atoms with van der Waals surface area (Å²) >= 11 is 0. The van der Waals surface area contributed by atoms with Gasteiger partial charge in [0.05, 0.1) is 5.41 Å². The van der Waals surface area contributed by atoms with Gasteiger partial charge in [0.25, 0.3) is 0 Å². The van der Waals surface area contributed by atoms with Gasteiger partial charge in [-0.05, 0) is 50.4 Å². The van der Waals surface area contributed by atoms with Gasteiger partial charge in [-0.1, -0.05) is 33.6 Å². The van der Waals surface area contributed by atoms with Gasteiger partial charge in [-0.25, -0.2) is 0 Å². The highest BCUT2D eigenvalue weighted by Crippen LogP contribution is 2.43. The highest BCUT2D eigenvalue weighted by molar-refractivity contribution is 5.74. The Kier molecular flexibility index (Phi) is 7.57. The van der Waals surface area contributed by atoms with Crippen LogP contribution >= 0.6 is 0 Å². The van der Waals surface area contributed by atoms with Crippen molar-refractivity contribution in [1.82, 2.24) is 0 Å². The normalized spacial score (nSPS) is 26.9. The third-order valence-electron chi connectivity index (χ3n) is 4.78. The summed E-state index contributed by atoms with van der Waals surface area (Å²) in [5.41, 5.74) is -0.512. The van der Waals surface area contributed by atoms with Crippen LogP contribution in [0.4, 0.5) is 0 Å². The van der Waals surface area contributed by atoms with E-state index in [1.54, 1.807) is 0 Å². The van der Waals surface area contributed by atoms with Crippen LogP contribution in [0.3, 0.4) is 0 Å². The molecule has 1 saturated carbocycles. The van der Waals surface area contributed by atoms with Crippen LogP contribution in [-0.2, 0) is 9.53 Å². The zero-order valence-corrected chi connectivity index (χ0v) is 13.5. The van der Waals surface area contributed by atoms with E-state index in [2.05, 4.69) is 20.8 Å². The zero-order valence-electron chi connectivity index (χ0n) is 13.5. The molecule has 20 heavy (non-hydrogen) atoms. The van der Waals surface area contributed by atoms with Crippen molar-refractivity contribution in [3.05, 3.63) is 0 Å². The van der Waals surface area contributed by atoms with Gasteiger partial charge in [-0.15, -0.1) is 0 Å². The molecule has 0 aliphatic heterocycles. The monoisotopic (exact) mass is 284 g/mol. The van der Waals surface area contributed by atoms with Gasteiger partial charge in [-0.3, -0.25) is 4.79 Å². The topological polar surface area (TPSA) is 46.5 Å². The third kappa shape index (κ3) is 5.43. The maximum atomic E-state index is 11.7.